The molecule has 0 saturated heterocycles. The van der Waals surface area contributed by atoms with E-state index in [1.54, 1.807) is 24.3 Å². The zero-order valence-electron chi connectivity index (χ0n) is 6.67. The minimum absolute atomic E-state index is 0.0135. The highest BCUT2D eigenvalue weighted by Gasteiger charge is 2.10. The number of hydrogen-bond donors (Lipinski definition) is 0. The Morgan fingerprint density at radius 2 is 2.00 bits per heavy atom. The Hall–Kier alpha value is -1.19. The summed E-state index contributed by atoms with van der Waals surface area (Å²) in [5, 5.41) is 9.93. The molecule has 0 N–H and O–H groups in total. The second kappa shape index (κ2) is 4.74. The van der Waals surface area contributed by atoms with Gasteiger partial charge in [0.1, 0.15) is 0 Å². The van der Waals surface area contributed by atoms with Gasteiger partial charge < -0.3 is 0 Å². The first-order valence-electron chi connectivity index (χ1n) is 3.55. The average molecular weight is 201 g/mol. The normalized spacial score (nSPS) is 12.3. The van der Waals surface area contributed by atoms with Crippen LogP contribution in [0.2, 0.25) is 0 Å². The first-order chi connectivity index (χ1) is 6.20. The fourth-order valence-electron chi connectivity index (χ4n) is 0.772. The minimum Gasteiger partial charge on any atom is -0.273 e. The summed E-state index contributed by atoms with van der Waals surface area (Å²) in [6, 6.07) is 8.87. The molecule has 0 bridgehead atoms. The summed E-state index contributed by atoms with van der Waals surface area (Å²) < 4.78 is 14.2. The number of nitro groups is 1. The molecule has 0 radical (unpaired) electrons. The standard InChI is InChI=1S/C7H8NO4P/c9-8(10)13(11)12-6-7-4-2-1-3-5-7/h1-5,13H,6H2. The van der Waals surface area contributed by atoms with E-state index in [2.05, 4.69) is 4.52 Å². The second-order valence-corrected chi connectivity index (χ2v) is 3.48. The van der Waals surface area contributed by atoms with Crippen LogP contribution in [-0.4, -0.2) is 4.69 Å². The summed E-state index contributed by atoms with van der Waals surface area (Å²) in [5.74, 6) is 0. The summed E-state index contributed by atoms with van der Waals surface area (Å²) in [4.78, 5) is 9.93. The van der Waals surface area contributed by atoms with Crippen molar-refractivity contribution < 1.29 is 13.8 Å². The van der Waals surface area contributed by atoms with Crippen molar-refractivity contribution in [1.29, 1.82) is 0 Å². The van der Waals surface area contributed by atoms with E-state index in [4.69, 9.17) is 0 Å². The van der Waals surface area contributed by atoms with E-state index < -0.39 is 12.9 Å². The third kappa shape index (κ3) is 3.36. The maximum Gasteiger partial charge on any atom is 0.498 e. The average Bonchev–Trinajstić information content (AvgIpc) is 2.15. The van der Waals surface area contributed by atoms with Crippen LogP contribution in [0.5, 0.6) is 0 Å². The highest BCUT2D eigenvalue weighted by molar-refractivity contribution is 7.31. The van der Waals surface area contributed by atoms with Gasteiger partial charge in [-0.15, -0.1) is 0 Å². The van der Waals surface area contributed by atoms with Crippen molar-refractivity contribution in [2.45, 2.75) is 6.61 Å². The Bertz CT molecular complexity index is 314. The molecule has 70 valence electrons. The molecule has 1 aromatic rings. The van der Waals surface area contributed by atoms with Crippen molar-refractivity contribution in [3.63, 3.8) is 0 Å². The lowest BCUT2D eigenvalue weighted by Gasteiger charge is -1.97. The molecule has 0 aromatic heterocycles. The van der Waals surface area contributed by atoms with Gasteiger partial charge in [-0.3, -0.25) is 14.6 Å². The van der Waals surface area contributed by atoms with Crippen LogP contribution in [-0.2, 0) is 15.7 Å². The molecule has 0 fully saturated rings. The Labute approximate surface area is 75.4 Å². The Balaban J connectivity index is 2.44. The maximum absolute atomic E-state index is 10.6. The van der Waals surface area contributed by atoms with Crippen molar-refractivity contribution >= 4 is 8.18 Å². The molecule has 13 heavy (non-hydrogen) atoms. The zero-order chi connectivity index (χ0) is 9.68. The summed E-state index contributed by atoms with van der Waals surface area (Å²) in [7, 11) is -3.13. The van der Waals surface area contributed by atoms with Crippen LogP contribution in [0, 0.1) is 10.1 Å². The fraction of sp³-hybridized carbons (Fsp3) is 0.143. The highest BCUT2D eigenvalue weighted by Crippen LogP contribution is 2.23. The Morgan fingerprint density at radius 1 is 1.38 bits per heavy atom. The van der Waals surface area contributed by atoms with Crippen LogP contribution in [0.3, 0.4) is 0 Å². The van der Waals surface area contributed by atoms with Crippen LogP contribution < -0.4 is 0 Å². The van der Waals surface area contributed by atoms with E-state index >= 15 is 0 Å². The van der Waals surface area contributed by atoms with Crippen molar-refractivity contribution in [3.8, 4) is 0 Å². The second-order valence-electron chi connectivity index (χ2n) is 2.30. The molecule has 0 aliphatic carbocycles. The van der Waals surface area contributed by atoms with Gasteiger partial charge in [0.25, 0.3) is 0 Å². The summed E-state index contributed by atoms with van der Waals surface area (Å²) in [6.07, 6.45) is 0. The van der Waals surface area contributed by atoms with Crippen LogP contribution in [0.4, 0.5) is 0 Å². The molecule has 0 spiro atoms. The van der Waals surface area contributed by atoms with Gasteiger partial charge in [-0.2, -0.15) is 0 Å². The van der Waals surface area contributed by atoms with E-state index in [9.17, 15) is 14.7 Å². The smallest absolute Gasteiger partial charge is 0.273 e. The van der Waals surface area contributed by atoms with Gasteiger partial charge in [-0.25, -0.2) is 4.57 Å². The summed E-state index contributed by atoms with van der Waals surface area (Å²) in [5.41, 5.74) is 0.766. The van der Waals surface area contributed by atoms with Crippen LogP contribution in [0.25, 0.3) is 0 Å². The number of nitrogens with zero attached hydrogens (tertiary/aromatic N) is 1. The van der Waals surface area contributed by atoms with Crippen LogP contribution >= 0.6 is 8.18 Å². The first kappa shape index (κ1) is 9.89. The lowest BCUT2D eigenvalue weighted by Crippen LogP contribution is -1.90. The number of hydrogen-bond acceptors (Lipinski definition) is 4. The monoisotopic (exact) mass is 201 g/mol. The minimum atomic E-state index is -3.13. The van der Waals surface area contributed by atoms with Crippen molar-refractivity contribution in [2.24, 2.45) is 0 Å². The molecule has 0 amide bonds. The molecule has 1 unspecified atom stereocenters. The maximum atomic E-state index is 10.6. The molecule has 6 heteroatoms. The molecular formula is C7H8NO4P. The van der Waals surface area contributed by atoms with Crippen molar-refractivity contribution in [3.05, 3.63) is 46.0 Å². The van der Waals surface area contributed by atoms with Gasteiger partial charge in [0, 0.05) is 0 Å². The lowest BCUT2D eigenvalue weighted by molar-refractivity contribution is -0.320. The largest absolute Gasteiger partial charge is 0.498 e. The zero-order valence-corrected chi connectivity index (χ0v) is 7.67. The molecule has 0 saturated carbocycles. The lowest BCUT2D eigenvalue weighted by atomic mass is 10.2. The third-order valence-corrected chi connectivity index (χ3v) is 2.04. The topological polar surface area (TPSA) is 69.4 Å². The fourth-order valence-corrected chi connectivity index (χ4v) is 1.17. The summed E-state index contributed by atoms with van der Waals surface area (Å²) in [6.45, 7) is 0.0135. The molecule has 1 aromatic carbocycles. The van der Waals surface area contributed by atoms with Gasteiger partial charge >= 0.3 is 8.18 Å². The van der Waals surface area contributed by atoms with E-state index in [0.717, 1.165) is 5.56 Å². The van der Waals surface area contributed by atoms with Gasteiger partial charge in [0.2, 0.25) is 0 Å². The van der Waals surface area contributed by atoms with Gasteiger partial charge in [0.15, 0.2) is 0 Å². The molecule has 0 aliphatic rings. The van der Waals surface area contributed by atoms with Gasteiger partial charge in [-0.05, 0) is 5.56 Å². The van der Waals surface area contributed by atoms with Gasteiger partial charge in [-0.1, -0.05) is 30.3 Å². The molecule has 1 atom stereocenters. The van der Waals surface area contributed by atoms with Crippen LogP contribution in [0.15, 0.2) is 30.3 Å². The van der Waals surface area contributed by atoms with E-state index in [-0.39, 0.29) is 6.61 Å². The third-order valence-electron chi connectivity index (χ3n) is 1.35. The molecule has 1 rings (SSSR count). The molecular weight excluding hydrogens is 193 g/mol. The molecule has 0 heterocycles. The molecule has 0 aliphatic heterocycles. The number of rotatable bonds is 4. The number of benzene rings is 1. The van der Waals surface area contributed by atoms with Gasteiger partial charge in [0.05, 0.1) is 11.3 Å². The van der Waals surface area contributed by atoms with Crippen molar-refractivity contribution in [1.82, 2.24) is 0 Å². The van der Waals surface area contributed by atoms with E-state index in [1.165, 1.54) is 0 Å². The van der Waals surface area contributed by atoms with E-state index in [1.807, 2.05) is 6.07 Å². The predicted molar refractivity (Wildman–Crippen MR) is 47.2 cm³/mol. The van der Waals surface area contributed by atoms with Crippen LogP contribution in [0.1, 0.15) is 5.56 Å². The Kier molecular flexibility index (Phi) is 3.61. The highest BCUT2D eigenvalue weighted by atomic mass is 31.1. The van der Waals surface area contributed by atoms with E-state index in [0.29, 0.717) is 0 Å². The quantitative estimate of drug-likeness (QED) is 0.423. The molecule has 5 nitrogen and oxygen atoms in total. The summed E-state index contributed by atoms with van der Waals surface area (Å²) >= 11 is 0. The predicted octanol–water partition coefficient (Wildman–Crippen LogP) is 1.87. The first-order valence-corrected chi connectivity index (χ1v) is 4.81. The van der Waals surface area contributed by atoms with Crippen molar-refractivity contribution in [2.75, 3.05) is 0 Å². The SMILES string of the molecule is O=[N+]([O-])[PH](=O)OCc1ccccc1. The Morgan fingerprint density at radius 3 is 2.54 bits per heavy atom.